The third-order valence-electron chi connectivity index (χ3n) is 3.62. The summed E-state index contributed by atoms with van der Waals surface area (Å²) in [5, 5.41) is 3.43. The van der Waals surface area contributed by atoms with Crippen LogP contribution >= 0.6 is 15.9 Å². The van der Waals surface area contributed by atoms with E-state index in [1.165, 1.54) is 18.6 Å². The summed E-state index contributed by atoms with van der Waals surface area (Å²) in [6.07, 6.45) is 4.36. The second kappa shape index (κ2) is 6.23. The van der Waals surface area contributed by atoms with Crippen molar-refractivity contribution in [1.82, 2.24) is 5.32 Å². The summed E-state index contributed by atoms with van der Waals surface area (Å²) < 4.78 is 19.9. The van der Waals surface area contributed by atoms with Gasteiger partial charge in [-0.1, -0.05) is 13.8 Å². The van der Waals surface area contributed by atoms with E-state index in [4.69, 9.17) is 4.74 Å². The van der Waals surface area contributed by atoms with Gasteiger partial charge in [-0.25, -0.2) is 4.39 Å². The van der Waals surface area contributed by atoms with Gasteiger partial charge in [-0.05, 0) is 66.4 Å². The van der Waals surface area contributed by atoms with Gasteiger partial charge in [0.25, 0.3) is 0 Å². The van der Waals surface area contributed by atoms with Gasteiger partial charge in [0, 0.05) is 6.04 Å². The Morgan fingerprint density at radius 3 is 2.68 bits per heavy atom. The first-order valence-corrected chi connectivity index (χ1v) is 7.67. The molecule has 1 N–H and O–H groups in total. The van der Waals surface area contributed by atoms with Gasteiger partial charge >= 0.3 is 0 Å². The highest BCUT2D eigenvalue weighted by molar-refractivity contribution is 9.10. The number of benzene rings is 1. The van der Waals surface area contributed by atoms with Crippen LogP contribution in [0.3, 0.4) is 0 Å². The topological polar surface area (TPSA) is 21.3 Å². The Labute approximate surface area is 122 Å². The molecule has 1 aliphatic rings. The van der Waals surface area contributed by atoms with Crippen LogP contribution in [0, 0.1) is 5.82 Å². The molecule has 1 saturated carbocycles. The number of halogens is 2. The van der Waals surface area contributed by atoms with Crippen LogP contribution in [0.15, 0.2) is 22.7 Å². The zero-order valence-electron chi connectivity index (χ0n) is 11.5. The van der Waals surface area contributed by atoms with Gasteiger partial charge in [0.05, 0.1) is 4.47 Å². The average molecular weight is 330 g/mol. The average Bonchev–Trinajstić information content (AvgIpc) is 2.28. The summed E-state index contributed by atoms with van der Waals surface area (Å²) in [7, 11) is 0. The maximum absolute atomic E-state index is 13.1. The lowest BCUT2D eigenvalue weighted by Gasteiger charge is -2.42. The lowest BCUT2D eigenvalue weighted by Crippen LogP contribution is -2.46. The summed E-state index contributed by atoms with van der Waals surface area (Å²) in [5.74, 6) is 0.494. The fraction of sp³-hybridized carbons (Fsp3) is 0.600. The summed E-state index contributed by atoms with van der Waals surface area (Å²) >= 11 is 3.36. The summed E-state index contributed by atoms with van der Waals surface area (Å²) in [4.78, 5) is 0. The van der Waals surface area contributed by atoms with Gasteiger partial charge in [0.1, 0.15) is 17.2 Å². The second-order valence-electron chi connectivity index (χ2n) is 5.57. The van der Waals surface area contributed by atoms with E-state index in [1.807, 2.05) is 0 Å². The normalized spacial score (nSPS) is 17.3. The largest absolute Gasteiger partial charge is 0.486 e. The first-order chi connectivity index (χ1) is 9.01. The molecule has 4 heteroatoms. The van der Waals surface area contributed by atoms with Crippen molar-refractivity contribution < 1.29 is 9.13 Å². The molecule has 106 valence electrons. The number of nitrogens with one attached hydrogen (secondary N) is 1. The molecule has 1 aromatic carbocycles. The zero-order chi connectivity index (χ0) is 13.9. The number of hydrogen-bond donors (Lipinski definition) is 1. The van der Waals surface area contributed by atoms with E-state index in [0.717, 1.165) is 31.6 Å². The number of hydrogen-bond acceptors (Lipinski definition) is 2. The highest BCUT2D eigenvalue weighted by Crippen LogP contribution is 2.41. The van der Waals surface area contributed by atoms with Crippen molar-refractivity contribution in [3.63, 3.8) is 0 Å². The Kier molecular flexibility index (Phi) is 4.85. The van der Waals surface area contributed by atoms with Crippen LogP contribution in [-0.2, 0) is 0 Å². The van der Waals surface area contributed by atoms with Crippen LogP contribution in [0.1, 0.15) is 39.5 Å². The predicted molar refractivity (Wildman–Crippen MR) is 79.1 cm³/mol. The highest BCUT2D eigenvalue weighted by atomic mass is 79.9. The molecule has 1 aliphatic carbocycles. The van der Waals surface area contributed by atoms with E-state index >= 15 is 0 Å². The lowest BCUT2D eigenvalue weighted by atomic mass is 9.77. The summed E-state index contributed by atoms with van der Waals surface area (Å²) in [6, 6.07) is 5.09. The van der Waals surface area contributed by atoms with Crippen molar-refractivity contribution in [2.45, 2.75) is 51.2 Å². The molecule has 0 radical (unpaired) electrons. The number of rotatable bonds is 6. The Bertz CT molecular complexity index is 432. The fourth-order valence-electron chi connectivity index (χ4n) is 2.35. The second-order valence-corrected chi connectivity index (χ2v) is 6.43. The van der Waals surface area contributed by atoms with Crippen LogP contribution in [0.4, 0.5) is 4.39 Å². The van der Waals surface area contributed by atoms with E-state index in [0.29, 0.717) is 10.5 Å². The fourth-order valence-corrected chi connectivity index (χ4v) is 2.79. The first-order valence-electron chi connectivity index (χ1n) is 6.88. The van der Waals surface area contributed by atoms with Gasteiger partial charge in [-0.3, -0.25) is 0 Å². The van der Waals surface area contributed by atoms with Crippen molar-refractivity contribution in [3.05, 3.63) is 28.5 Å². The molecule has 0 unspecified atom stereocenters. The maximum Gasteiger partial charge on any atom is 0.134 e. The summed E-state index contributed by atoms with van der Waals surface area (Å²) in [5.41, 5.74) is -0.0672. The van der Waals surface area contributed by atoms with Gasteiger partial charge in [-0.2, -0.15) is 0 Å². The Hall–Kier alpha value is -0.610. The maximum atomic E-state index is 13.1. The van der Waals surface area contributed by atoms with Crippen molar-refractivity contribution in [1.29, 1.82) is 0 Å². The third-order valence-corrected chi connectivity index (χ3v) is 4.24. The van der Waals surface area contributed by atoms with Gasteiger partial charge < -0.3 is 10.1 Å². The monoisotopic (exact) mass is 329 g/mol. The Morgan fingerprint density at radius 2 is 2.16 bits per heavy atom. The molecule has 1 fully saturated rings. The van der Waals surface area contributed by atoms with Gasteiger partial charge in [0.15, 0.2) is 0 Å². The van der Waals surface area contributed by atoms with Crippen LogP contribution < -0.4 is 10.1 Å². The molecule has 2 nitrogen and oxygen atoms in total. The molecule has 19 heavy (non-hydrogen) atoms. The minimum absolute atomic E-state index is 0.0672. The van der Waals surface area contributed by atoms with Gasteiger partial charge in [0.2, 0.25) is 0 Å². The molecule has 0 spiro atoms. The van der Waals surface area contributed by atoms with Crippen molar-refractivity contribution in [2.24, 2.45) is 0 Å². The molecule has 2 rings (SSSR count). The van der Waals surface area contributed by atoms with E-state index in [1.54, 1.807) is 6.07 Å². The highest BCUT2D eigenvalue weighted by Gasteiger charge is 2.39. The summed E-state index contributed by atoms with van der Waals surface area (Å²) in [6.45, 7) is 5.24. The molecule has 0 amide bonds. The third kappa shape index (κ3) is 3.93. The van der Waals surface area contributed by atoms with E-state index in [-0.39, 0.29) is 11.4 Å². The molecular formula is C15H21BrFNO. The van der Waals surface area contributed by atoms with Crippen molar-refractivity contribution in [2.75, 3.05) is 6.54 Å². The van der Waals surface area contributed by atoms with Crippen LogP contribution in [0.5, 0.6) is 5.75 Å². The quantitative estimate of drug-likeness (QED) is 0.841. The lowest BCUT2D eigenvalue weighted by molar-refractivity contribution is -0.0152. The minimum Gasteiger partial charge on any atom is -0.486 e. The Balaban J connectivity index is 1.98. The van der Waals surface area contributed by atoms with Crippen LogP contribution in [0.2, 0.25) is 0 Å². The molecule has 0 bridgehead atoms. The van der Waals surface area contributed by atoms with Crippen molar-refractivity contribution in [3.8, 4) is 5.75 Å². The molecule has 0 aromatic heterocycles. The van der Waals surface area contributed by atoms with E-state index in [9.17, 15) is 4.39 Å². The van der Waals surface area contributed by atoms with Crippen molar-refractivity contribution >= 4 is 15.9 Å². The Morgan fingerprint density at radius 1 is 1.42 bits per heavy atom. The standard InChI is InChI=1S/C15H21BrFNO/c1-11(2)18-9-8-15(6-3-7-15)19-14-5-4-12(17)10-13(14)16/h4-5,10-11,18H,3,6-9H2,1-2H3. The smallest absolute Gasteiger partial charge is 0.134 e. The van der Waals surface area contributed by atoms with Crippen LogP contribution in [-0.4, -0.2) is 18.2 Å². The molecule has 0 saturated heterocycles. The minimum atomic E-state index is -0.247. The molecule has 0 heterocycles. The SMILES string of the molecule is CC(C)NCCC1(Oc2ccc(F)cc2Br)CCC1. The number of ether oxygens (including phenoxy) is 1. The predicted octanol–water partition coefficient (Wildman–Crippen LogP) is 4.28. The first kappa shape index (κ1) is 14.8. The van der Waals surface area contributed by atoms with E-state index < -0.39 is 0 Å². The molecule has 0 atom stereocenters. The van der Waals surface area contributed by atoms with E-state index in [2.05, 4.69) is 35.1 Å². The molecular weight excluding hydrogens is 309 g/mol. The van der Waals surface area contributed by atoms with Crippen LogP contribution in [0.25, 0.3) is 0 Å². The molecule has 1 aromatic rings. The van der Waals surface area contributed by atoms with Gasteiger partial charge in [-0.15, -0.1) is 0 Å². The molecule has 0 aliphatic heterocycles. The zero-order valence-corrected chi connectivity index (χ0v) is 13.1.